The zero-order valence-electron chi connectivity index (χ0n) is 12.2. The number of anilines is 1. The van der Waals surface area contributed by atoms with Gasteiger partial charge in [0.2, 0.25) is 0 Å². The SMILES string of the molecule is CCCc1ccc(NC(=O)c2ccc(C)nc2C)cc1. The van der Waals surface area contributed by atoms with Crippen LogP contribution in [0.2, 0.25) is 0 Å². The monoisotopic (exact) mass is 268 g/mol. The maximum Gasteiger partial charge on any atom is 0.257 e. The number of hydrogen-bond acceptors (Lipinski definition) is 2. The van der Waals surface area contributed by atoms with Gasteiger partial charge in [0.1, 0.15) is 0 Å². The Balaban J connectivity index is 2.11. The van der Waals surface area contributed by atoms with Gasteiger partial charge in [0.05, 0.1) is 11.3 Å². The second-order valence-corrected chi connectivity index (χ2v) is 4.99. The Hall–Kier alpha value is -2.16. The minimum absolute atomic E-state index is 0.113. The number of carbonyl (C=O) groups excluding carboxylic acids is 1. The zero-order chi connectivity index (χ0) is 14.5. The van der Waals surface area contributed by atoms with E-state index in [9.17, 15) is 4.79 Å². The normalized spacial score (nSPS) is 10.3. The largest absolute Gasteiger partial charge is 0.322 e. The summed E-state index contributed by atoms with van der Waals surface area (Å²) in [4.78, 5) is 16.5. The summed E-state index contributed by atoms with van der Waals surface area (Å²) >= 11 is 0. The molecular formula is C17H20N2O. The van der Waals surface area contributed by atoms with Gasteiger partial charge < -0.3 is 5.32 Å². The summed E-state index contributed by atoms with van der Waals surface area (Å²) in [5.74, 6) is -0.113. The molecular weight excluding hydrogens is 248 g/mol. The van der Waals surface area contributed by atoms with Gasteiger partial charge in [-0.25, -0.2) is 0 Å². The van der Waals surface area contributed by atoms with Crippen molar-refractivity contribution in [3.8, 4) is 0 Å². The third-order valence-corrected chi connectivity index (χ3v) is 3.22. The number of nitrogens with zero attached hydrogens (tertiary/aromatic N) is 1. The van der Waals surface area contributed by atoms with Crippen LogP contribution in [-0.4, -0.2) is 10.9 Å². The van der Waals surface area contributed by atoms with Crippen LogP contribution in [-0.2, 0) is 6.42 Å². The number of hydrogen-bond donors (Lipinski definition) is 1. The third-order valence-electron chi connectivity index (χ3n) is 3.22. The van der Waals surface area contributed by atoms with Gasteiger partial charge in [0.25, 0.3) is 5.91 Å². The summed E-state index contributed by atoms with van der Waals surface area (Å²) in [6.45, 7) is 5.93. The predicted octanol–water partition coefficient (Wildman–Crippen LogP) is 3.90. The van der Waals surface area contributed by atoms with Gasteiger partial charge in [-0.3, -0.25) is 9.78 Å². The van der Waals surface area contributed by atoms with Crippen molar-refractivity contribution >= 4 is 11.6 Å². The van der Waals surface area contributed by atoms with Gasteiger partial charge in [-0.1, -0.05) is 25.5 Å². The van der Waals surface area contributed by atoms with Crippen LogP contribution in [0.5, 0.6) is 0 Å². The van der Waals surface area contributed by atoms with E-state index in [1.54, 1.807) is 0 Å². The summed E-state index contributed by atoms with van der Waals surface area (Å²) in [5, 5.41) is 2.91. The summed E-state index contributed by atoms with van der Waals surface area (Å²) in [6.07, 6.45) is 2.19. The second kappa shape index (κ2) is 6.33. The lowest BCUT2D eigenvalue weighted by molar-refractivity contribution is 0.102. The summed E-state index contributed by atoms with van der Waals surface area (Å²) in [7, 11) is 0. The topological polar surface area (TPSA) is 42.0 Å². The number of pyridine rings is 1. The average molecular weight is 268 g/mol. The van der Waals surface area contributed by atoms with Crippen molar-refractivity contribution in [2.45, 2.75) is 33.6 Å². The van der Waals surface area contributed by atoms with Crippen molar-refractivity contribution in [3.63, 3.8) is 0 Å². The molecule has 3 nitrogen and oxygen atoms in total. The molecule has 0 spiro atoms. The zero-order valence-corrected chi connectivity index (χ0v) is 12.2. The van der Waals surface area contributed by atoms with E-state index in [1.807, 2.05) is 38.1 Å². The van der Waals surface area contributed by atoms with E-state index in [0.717, 1.165) is 29.9 Å². The van der Waals surface area contributed by atoms with Gasteiger partial charge in [-0.2, -0.15) is 0 Å². The summed E-state index contributed by atoms with van der Waals surface area (Å²) in [6, 6.07) is 11.7. The first kappa shape index (κ1) is 14.3. The van der Waals surface area contributed by atoms with E-state index < -0.39 is 0 Å². The molecule has 0 fully saturated rings. The van der Waals surface area contributed by atoms with E-state index in [4.69, 9.17) is 0 Å². The molecule has 2 rings (SSSR count). The highest BCUT2D eigenvalue weighted by Crippen LogP contribution is 2.14. The number of nitrogens with one attached hydrogen (secondary N) is 1. The van der Waals surface area contributed by atoms with Gasteiger partial charge in [-0.05, 0) is 50.1 Å². The predicted molar refractivity (Wildman–Crippen MR) is 82.1 cm³/mol. The number of carbonyl (C=O) groups is 1. The van der Waals surface area contributed by atoms with Crippen LogP contribution in [0.15, 0.2) is 36.4 Å². The fourth-order valence-corrected chi connectivity index (χ4v) is 2.17. The molecule has 3 heteroatoms. The van der Waals surface area contributed by atoms with Crippen molar-refractivity contribution in [3.05, 3.63) is 58.9 Å². The molecule has 1 aromatic heterocycles. The summed E-state index contributed by atoms with van der Waals surface area (Å²) < 4.78 is 0. The molecule has 1 aromatic carbocycles. The molecule has 0 aliphatic rings. The van der Waals surface area contributed by atoms with Crippen molar-refractivity contribution in [1.82, 2.24) is 4.98 Å². The van der Waals surface area contributed by atoms with E-state index in [-0.39, 0.29) is 5.91 Å². The van der Waals surface area contributed by atoms with Crippen LogP contribution >= 0.6 is 0 Å². The molecule has 0 aliphatic carbocycles. The Morgan fingerprint density at radius 3 is 2.40 bits per heavy atom. The first-order valence-corrected chi connectivity index (χ1v) is 6.94. The molecule has 104 valence electrons. The third kappa shape index (κ3) is 3.44. The Bertz CT molecular complexity index is 603. The molecule has 1 heterocycles. The average Bonchev–Trinajstić information content (AvgIpc) is 2.41. The number of rotatable bonds is 4. The molecule has 0 saturated carbocycles. The van der Waals surface area contributed by atoms with Crippen LogP contribution in [0, 0.1) is 13.8 Å². The Morgan fingerprint density at radius 2 is 1.80 bits per heavy atom. The van der Waals surface area contributed by atoms with Crippen molar-refractivity contribution in [1.29, 1.82) is 0 Å². The standard InChI is InChI=1S/C17H20N2O/c1-4-5-14-7-9-15(10-8-14)19-17(20)16-11-6-12(2)18-13(16)3/h6-11H,4-5H2,1-3H3,(H,19,20). The molecule has 0 aliphatic heterocycles. The lowest BCUT2D eigenvalue weighted by atomic mass is 10.1. The number of aryl methyl sites for hydroxylation is 3. The highest BCUT2D eigenvalue weighted by Gasteiger charge is 2.10. The number of amides is 1. The van der Waals surface area contributed by atoms with E-state index in [2.05, 4.69) is 29.4 Å². The Morgan fingerprint density at radius 1 is 1.10 bits per heavy atom. The minimum atomic E-state index is -0.113. The van der Waals surface area contributed by atoms with E-state index in [1.165, 1.54) is 5.56 Å². The molecule has 0 bridgehead atoms. The molecule has 0 atom stereocenters. The molecule has 0 radical (unpaired) electrons. The smallest absolute Gasteiger partial charge is 0.257 e. The van der Waals surface area contributed by atoms with Gasteiger partial charge in [0, 0.05) is 11.4 Å². The Kier molecular flexibility index (Phi) is 4.51. The number of benzene rings is 1. The Labute approximate surface area is 120 Å². The van der Waals surface area contributed by atoms with Gasteiger partial charge in [0.15, 0.2) is 0 Å². The van der Waals surface area contributed by atoms with Crippen molar-refractivity contribution in [2.75, 3.05) is 5.32 Å². The van der Waals surface area contributed by atoms with E-state index >= 15 is 0 Å². The molecule has 1 amide bonds. The lowest BCUT2D eigenvalue weighted by Gasteiger charge is -2.08. The quantitative estimate of drug-likeness (QED) is 0.913. The second-order valence-electron chi connectivity index (χ2n) is 4.99. The van der Waals surface area contributed by atoms with Crippen molar-refractivity contribution in [2.24, 2.45) is 0 Å². The molecule has 2 aromatic rings. The van der Waals surface area contributed by atoms with Crippen LogP contribution in [0.4, 0.5) is 5.69 Å². The van der Waals surface area contributed by atoms with Crippen molar-refractivity contribution < 1.29 is 4.79 Å². The van der Waals surface area contributed by atoms with Crippen LogP contribution < -0.4 is 5.32 Å². The fourth-order valence-electron chi connectivity index (χ4n) is 2.17. The van der Waals surface area contributed by atoms with Gasteiger partial charge >= 0.3 is 0 Å². The van der Waals surface area contributed by atoms with E-state index in [0.29, 0.717) is 5.56 Å². The van der Waals surface area contributed by atoms with Crippen LogP contribution in [0.3, 0.4) is 0 Å². The van der Waals surface area contributed by atoms with Crippen LogP contribution in [0.25, 0.3) is 0 Å². The fraction of sp³-hybridized carbons (Fsp3) is 0.294. The maximum atomic E-state index is 12.2. The first-order chi connectivity index (χ1) is 9.60. The first-order valence-electron chi connectivity index (χ1n) is 6.94. The highest BCUT2D eigenvalue weighted by atomic mass is 16.1. The molecule has 0 unspecified atom stereocenters. The van der Waals surface area contributed by atoms with Crippen LogP contribution in [0.1, 0.15) is 40.7 Å². The lowest BCUT2D eigenvalue weighted by Crippen LogP contribution is -2.14. The molecule has 0 saturated heterocycles. The molecule has 20 heavy (non-hydrogen) atoms. The molecule has 1 N–H and O–H groups in total. The van der Waals surface area contributed by atoms with Gasteiger partial charge in [-0.15, -0.1) is 0 Å². The minimum Gasteiger partial charge on any atom is -0.322 e. The number of aromatic nitrogens is 1. The highest BCUT2D eigenvalue weighted by molar-refractivity contribution is 6.04. The summed E-state index contributed by atoms with van der Waals surface area (Å²) in [5.41, 5.74) is 4.40. The maximum absolute atomic E-state index is 12.2.